The molecule has 17 heavy (non-hydrogen) atoms. The van der Waals surface area contributed by atoms with Crippen LogP contribution in [0.3, 0.4) is 0 Å². The first-order valence-electron chi connectivity index (χ1n) is 5.85. The number of aromatic nitrogens is 4. The lowest BCUT2D eigenvalue weighted by Crippen LogP contribution is -1.98. The maximum absolute atomic E-state index is 5.59. The number of rotatable bonds is 7. The van der Waals surface area contributed by atoms with Crippen LogP contribution in [0, 0.1) is 0 Å². The molecule has 1 heterocycles. The van der Waals surface area contributed by atoms with Gasteiger partial charge in [0.15, 0.2) is 5.82 Å². The zero-order valence-corrected chi connectivity index (χ0v) is 9.67. The molecule has 0 aliphatic rings. The molecule has 1 N–H and O–H groups in total. The molecule has 0 radical (unpaired) electrons. The lowest BCUT2D eigenvalue weighted by Gasteiger charge is -2.04. The van der Waals surface area contributed by atoms with E-state index in [0.29, 0.717) is 0 Å². The van der Waals surface area contributed by atoms with E-state index in [1.54, 1.807) is 0 Å². The second-order valence-corrected chi connectivity index (χ2v) is 3.80. The molecule has 1 aromatic heterocycles. The molecule has 5 heteroatoms. The number of aromatic amines is 1. The van der Waals surface area contributed by atoms with Gasteiger partial charge in [0.1, 0.15) is 5.75 Å². The number of nitrogens with one attached hydrogen (secondary N) is 1. The maximum Gasteiger partial charge on any atom is 0.174 e. The quantitative estimate of drug-likeness (QED) is 0.741. The van der Waals surface area contributed by atoms with E-state index in [4.69, 9.17) is 4.74 Å². The molecule has 5 nitrogen and oxygen atoms in total. The Balaban J connectivity index is 1.52. The van der Waals surface area contributed by atoms with Crippen molar-refractivity contribution in [2.45, 2.75) is 25.7 Å². The summed E-state index contributed by atoms with van der Waals surface area (Å²) >= 11 is 0. The van der Waals surface area contributed by atoms with E-state index in [-0.39, 0.29) is 0 Å². The molecular weight excluding hydrogens is 216 g/mol. The summed E-state index contributed by atoms with van der Waals surface area (Å²) in [4.78, 5) is 0. The van der Waals surface area contributed by atoms with Gasteiger partial charge in [0.2, 0.25) is 0 Å². The van der Waals surface area contributed by atoms with Crippen LogP contribution in [0.2, 0.25) is 0 Å². The number of H-pyrrole nitrogens is 1. The molecule has 0 saturated carbocycles. The average molecular weight is 232 g/mol. The highest BCUT2D eigenvalue weighted by molar-refractivity contribution is 5.20. The molecule has 0 unspecified atom stereocenters. The van der Waals surface area contributed by atoms with E-state index in [9.17, 15) is 0 Å². The molecule has 2 rings (SSSR count). The molecule has 0 amide bonds. The Hall–Kier alpha value is -1.91. The average Bonchev–Trinajstić information content (AvgIpc) is 2.88. The monoisotopic (exact) mass is 232 g/mol. The fourth-order valence-corrected chi connectivity index (χ4v) is 1.56. The van der Waals surface area contributed by atoms with E-state index >= 15 is 0 Å². The largest absolute Gasteiger partial charge is 0.494 e. The molecule has 90 valence electrons. The van der Waals surface area contributed by atoms with Crippen molar-refractivity contribution in [1.29, 1.82) is 0 Å². The predicted octanol–water partition coefficient (Wildman–Crippen LogP) is 1.99. The van der Waals surface area contributed by atoms with Gasteiger partial charge in [-0.2, -0.15) is 5.21 Å². The van der Waals surface area contributed by atoms with Gasteiger partial charge in [-0.3, -0.25) is 0 Å². The topological polar surface area (TPSA) is 63.7 Å². The summed E-state index contributed by atoms with van der Waals surface area (Å²) in [6, 6.07) is 9.88. The summed E-state index contributed by atoms with van der Waals surface area (Å²) in [6.45, 7) is 0.760. The number of hydrogen-bond acceptors (Lipinski definition) is 4. The lowest BCUT2D eigenvalue weighted by molar-refractivity contribution is 0.305. The van der Waals surface area contributed by atoms with Crippen LogP contribution < -0.4 is 4.74 Å². The van der Waals surface area contributed by atoms with Crippen molar-refractivity contribution in [2.75, 3.05) is 6.61 Å². The van der Waals surface area contributed by atoms with Crippen molar-refractivity contribution >= 4 is 0 Å². The van der Waals surface area contributed by atoms with Gasteiger partial charge < -0.3 is 4.74 Å². The smallest absolute Gasteiger partial charge is 0.174 e. The molecule has 0 aliphatic heterocycles. The second kappa shape index (κ2) is 6.62. The Morgan fingerprint density at radius 2 is 1.94 bits per heavy atom. The third-order valence-electron chi connectivity index (χ3n) is 2.45. The van der Waals surface area contributed by atoms with Crippen LogP contribution in [-0.2, 0) is 6.42 Å². The molecule has 0 saturated heterocycles. The number of unbranched alkanes of at least 4 members (excludes halogenated alkanes) is 2. The fraction of sp³-hybridized carbons (Fsp3) is 0.417. The maximum atomic E-state index is 5.59. The number of hydrogen-bond donors (Lipinski definition) is 1. The third-order valence-corrected chi connectivity index (χ3v) is 2.45. The summed E-state index contributed by atoms with van der Waals surface area (Å²) in [5, 5.41) is 13.8. The molecule has 0 spiro atoms. The van der Waals surface area contributed by atoms with Crippen molar-refractivity contribution < 1.29 is 4.74 Å². The number of ether oxygens (including phenoxy) is 1. The van der Waals surface area contributed by atoms with Gasteiger partial charge in [-0.15, -0.1) is 10.2 Å². The van der Waals surface area contributed by atoms with E-state index < -0.39 is 0 Å². The zero-order valence-electron chi connectivity index (χ0n) is 9.67. The number of benzene rings is 1. The number of tetrazole rings is 1. The van der Waals surface area contributed by atoms with Gasteiger partial charge in [-0.1, -0.05) is 23.4 Å². The highest BCUT2D eigenvalue weighted by Gasteiger charge is 1.98. The van der Waals surface area contributed by atoms with E-state index in [2.05, 4.69) is 20.6 Å². The van der Waals surface area contributed by atoms with Crippen LogP contribution >= 0.6 is 0 Å². The van der Waals surface area contributed by atoms with E-state index in [1.165, 1.54) is 0 Å². The van der Waals surface area contributed by atoms with Crippen LogP contribution in [-0.4, -0.2) is 27.2 Å². The Morgan fingerprint density at radius 3 is 2.71 bits per heavy atom. The van der Waals surface area contributed by atoms with Crippen LogP contribution in [0.5, 0.6) is 5.75 Å². The highest BCUT2D eigenvalue weighted by Crippen LogP contribution is 2.09. The Bertz CT molecular complexity index is 402. The van der Waals surface area contributed by atoms with Crippen LogP contribution in [0.25, 0.3) is 0 Å². The second-order valence-electron chi connectivity index (χ2n) is 3.80. The summed E-state index contributed by atoms with van der Waals surface area (Å²) in [6.07, 6.45) is 4.10. The first-order valence-corrected chi connectivity index (χ1v) is 5.85. The minimum atomic E-state index is 0.760. The standard InChI is InChI=1S/C12H16N4O/c1-3-7-11(8-4-1)17-10-6-2-5-9-12-13-15-16-14-12/h1,3-4,7-8H,2,5-6,9-10H2,(H,13,14,15,16). The number of aryl methyl sites for hydroxylation is 1. The highest BCUT2D eigenvalue weighted by atomic mass is 16.5. The van der Waals surface area contributed by atoms with E-state index in [1.807, 2.05) is 30.3 Å². The van der Waals surface area contributed by atoms with Crippen LogP contribution in [0.4, 0.5) is 0 Å². The first-order chi connectivity index (χ1) is 8.45. The number of para-hydroxylation sites is 1. The van der Waals surface area contributed by atoms with Crippen LogP contribution in [0.1, 0.15) is 25.1 Å². The molecule has 0 fully saturated rings. The normalized spacial score (nSPS) is 10.4. The van der Waals surface area contributed by atoms with Crippen molar-refractivity contribution in [3.63, 3.8) is 0 Å². The Morgan fingerprint density at radius 1 is 1.06 bits per heavy atom. The van der Waals surface area contributed by atoms with Crippen molar-refractivity contribution in [2.24, 2.45) is 0 Å². The summed E-state index contributed by atoms with van der Waals surface area (Å²) in [5.41, 5.74) is 0. The molecule has 2 aromatic rings. The van der Waals surface area contributed by atoms with Crippen molar-refractivity contribution in [1.82, 2.24) is 20.6 Å². The Kier molecular flexibility index (Phi) is 4.51. The molecule has 0 aliphatic carbocycles. The first kappa shape index (κ1) is 11.6. The molecule has 0 bridgehead atoms. The summed E-state index contributed by atoms with van der Waals surface area (Å²) in [7, 11) is 0. The van der Waals surface area contributed by atoms with Crippen molar-refractivity contribution in [3.05, 3.63) is 36.2 Å². The lowest BCUT2D eigenvalue weighted by atomic mass is 10.2. The molecule has 0 atom stereocenters. The number of nitrogens with zero attached hydrogens (tertiary/aromatic N) is 3. The van der Waals surface area contributed by atoms with E-state index in [0.717, 1.165) is 43.9 Å². The van der Waals surface area contributed by atoms with Gasteiger partial charge in [0.25, 0.3) is 0 Å². The fourth-order valence-electron chi connectivity index (χ4n) is 1.56. The van der Waals surface area contributed by atoms with Gasteiger partial charge in [0, 0.05) is 6.42 Å². The zero-order chi connectivity index (χ0) is 11.8. The third kappa shape index (κ3) is 4.22. The Labute approximate surface area is 100 Å². The van der Waals surface area contributed by atoms with Gasteiger partial charge in [-0.05, 0) is 31.4 Å². The predicted molar refractivity (Wildman–Crippen MR) is 63.7 cm³/mol. The van der Waals surface area contributed by atoms with Crippen molar-refractivity contribution in [3.8, 4) is 5.75 Å². The van der Waals surface area contributed by atoms with Gasteiger partial charge in [-0.25, -0.2) is 0 Å². The van der Waals surface area contributed by atoms with Gasteiger partial charge >= 0.3 is 0 Å². The molecular formula is C12H16N4O. The molecule has 1 aromatic carbocycles. The minimum Gasteiger partial charge on any atom is -0.494 e. The minimum absolute atomic E-state index is 0.760. The SMILES string of the molecule is c1ccc(OCCCCCc2nn[nH]n2)cc1. The summed E-state index contributed by atoms with van der Waals surface area (Å²) < 4.78 is 5.59. The summed E-state index contributed by atoms with van der Waals surface area (Å²) in [5.74, 6) is 1.72. The van der Waals surface area contributed by atoms with Crippen LogP contribution in [0.15, 0.2) is 30.3 Å². The van der Waals surface area contributed by atoms with Gasteiger partial charge in [0.05, 0.1) is 6.61 Å².